The molecule has 0 fully saturated rings. The summed E-state index contributed by atoms with van der Waals surface area (Å²) in [6.45, 7) is 5.25. The van der Waals surface area contributed by atoms with Gasteiger partial charge in [-0.15, -0.1) is 0 Å². The molecule has 1 aromatic heterocycles. The third kappa shape index (κ3) is 4.86. The molecule has 0 aliphatic heterocycles. The third-order valence-corrected chi connectivity index (χ3v) is 3.82. The number of aliphatic hydroxyl groups excluding tert-OH is 1. The van der Waals surface area contributed by atoms with E-state index in [-0.39, 0.29) is 12.5 Å². The molecule has 0 aliphatic rings. The van der Waals surface area contributed by atoms with Gasteiger partial charge in [-0.05, 0) is 25.5 Å². The van der Waals surface area contributed by atoms with Crippen LogP contribution in [0.25, 0.3) is 0 Å². The monoisotopic (exact) mass is 315 g/mol. The normalized spacial score (nSPS) is 13.0. The summed E-state index contributed by atoms with van der Waals surface area (Å²) >= 11 is 0. The molecule has 2 aromatic rings. The van der Waals surface area contributed by atoms with Gasteiger partial charge in [0, 0.05) is 31.6 Å². The summed E-state index contributed by atoms with van der Waals surface area (Å²) in [4.78, 5) is 4.22. The molecule has 5 heteroatoms. The Hall–Kier alpha value is -2.27. The summed E-state index contributed by atoms with van der Waals surface area (Å²) in [7, 11) is 1.74. The first-order valence-electron chi connectivity index (χ1n) is 7.80. The number of furan rings is 1. The number of aryl methyl sites for hydroxylation is 2. The minimum atomic E-state index is 0.0349. The highest BCUT2D eigenvalue weighted by Gasteiger charge is 2.11. The van der Waals surface area contributed by atoms with Crippen LogP contribution in [0.1, 0.15) is 28.6 Å². The lowest BCUT2D eigenvalue weighted by Crippen LogP contribution is -2.39. The van der Waals surface area contributed by atoms with Gasteiger partial charge in [-0.25, -0.2) is 0 Å². The Balaban J connectivity index is 1.88. The predicted octanol–water partition coefficient (Wildman–Crippen LogP) is 2.34. The van der Waals surface area contributed by atoms with E-state index in [2.05, 4.69) is 15.6 Å². The van der Waals surface area contributed by atoms with Crippen molar-refractivity contribution in [2.24, 2.45) is 4.99 Å². The van der Waals surface area contributed by atoms with E-state index >= 15 is 0 Å². The Labute approximate surface area is 137 Å². The van der Waals surface area contributed by atoms with Crippen LogP contribution in [0.15, 0.2) is 45.8 Å². The fourth-order valence-corrected chi connectivity index (χ4v) is 2.49. The second-order valence-corrected chi connectivity index (χ2v) is 5.54. The van der Waals surface area contributed by atoms with Crippen LogP contribution in [0, 0.1) is 13.8 Å². The molecule has 0 bridgehead atoms. The van der Waals surface area contributed by atoms with Crippen molar-refractivity contribution in [3.63, 3.8) is 0 Å². The van der Waals surface area contributed by atoms with Gasteiger partial charge in [0.2, 0.25) is 0 Å². The molecule has 1 aromatic carbocycles. The molecular formula is C18H25N3O2. The molecule has 124 valence electrons. The van der Waals surface area contributed by atoms with Gasteiger partial charge in [0.25, 0.3) is 0 Å². The minimum absolute atomic E-state index is 0.0349. The predicted molar refractivity (Wildman–Crippen MR) is 92.7 cm³/mol. The Morgan fingerprint density at radius 3 is 2.52 bits per heavy atom. The number of benzene rings is 1. The second-order valence-electron chi connectivity index (χ2n) is 5.54. The van der Waals surface area contributed by atoms with Crippen molar-refractivity contribution >= 4 is 5.96 Å². The largest absolute Gasteiger partial charge is 0.466 e. The summed E-state index contributed by atoms with van der Waals surface area (Å²) in [6, 6.07) is 12.0. The first kappa shape index (κ1) is 17.1. The maximum absolute atomic E-state index is 9.60. The van der Waals surface area contributed by atoms with E-state index in [1.54, 1.807) is 7.05 Å². The zero-order valence-electron chi connectivity index (χ0n) is 14.0. The molecule has 0 saturated carbocycles. The molecule has 0 radical (unpaired) electrons. The van der Waals surface area contributed by atoms with Gasteiger partial charge in [-0.1, -0.05) is 30.3 Å². The number of hydrogen-bond acceptors (Lipinski definition) is 3. The highest BCUT2D eigenvalue weighted by atomic mass is 16.3. The van der Waals surface area contributed by atoms with Crippen molar-refractivity contribution in [2.75, 3.05) is 20.2 Å². The summed E-state index contributed by atoms with van der Waals surface area (Å²) in [5.41, 5.74) is 2.23. The van der Waals surface area contributed by atoms with E-state index < -0.39 is 0 Å². The minimum Gasteiger partial charge on any atom is -0.466 e. The van der Waals surface area contributed by atoms with Crippen LogP contribution in [-0.2, 0) is 6.54 Å². The van der Waals surface area contributed by atoms with Crippen molar-refractivity contribution < 1.29 is 9.52 Å². The molecule has 0 amide bonds. The summed E-state index contributed by atoms with van der Waals surface area (Å²) in [5, 5.41) is 16.1. The lowest BCUT2D eigenvalue weighted by atomic mass is 10.0. The standard InChI is InChI=1S/C18H25N3O2/c1-13-9-16(14(2)23-13)10-20-18(19-3)21-11-17(12-22)15-7-5-4-6-8-15/h4-9,17,22H,10-12H2,1-3H3,(H2,19,20,21). The van der Waals surface area contributed by atoms with Crippen molar-refractivity contribution in [3.8, 4) is 0 Å². The van der Waals surface area contributed by atoms with Gasteiger partial charge in [0.15, 0.2) is 5.96 Å². The summed E-state index contributed by atoms with van der Waals surface area (Å²) in [5.74, 6) is 2.57. The summed E-state index contributed by atoms with van der Waals surface area (Å²) in [6.07, 6.45) is 0. The Bertz CT molecular complexity index is 635. The van der Waals surface area contributed by atoms with Crippen LogP contribution in [0.5, 0.6) is 0 Å². The number of aliphatic hydroxyl groups is 1. The number of nitrogens with zero attached hydrogens (tertiary/aromatic N) is 1. The van der Waals surface area contributed by atoms with E-state index in [1.807, 2.05) is 50.2 Å². The lowest BCUT2D eigenvalue weighted by molar-refractivity contribution is 0.265. The molecule has 0 aliphatic carbocycles. The maximum Gasteiger partial charge on any atom is 0.191 e. The van der Waals surface area contributed by atoms with Crippen LogP contribution >= 0.6 is 0 Å². The molecule has 0 spiro atoms. The quantitative estimate of drug-likeness (QED) is 0.565. The molecule has 3 N–H and O–H groups in total. The first-order valence-corrected chi connectivity index (χ1v) is 7.80. The van der Waals surface area contributed by atoms with Gasteiger partial charge in [-0.2, -0.15) is 0 Å². The van der Waals surface area contributed by atoms with Gasteiger partial charge in [0.05, 0.1) is 6.61 Å². The van der Waals surface area contributed by atoms with Crippen molar-refractivity contribution in [3.05, 3.63) is 59.0 Å². The average molecular weight is 315 g/mol. The van der Waals surface area contributed by atoms with Gasteiger partial charge < -0.3 is 20.2 Å². The van der Waals surface area contributed by atoms with Crippen LogP contribution in [0.3, 0.4) is 0 Å². The highest BCUT2D eigenvalue weighted by Crippen LogP contribution is 2.14. The van der Waals surface area contributed by atoms with Gasteiger partial charge in [-0.3, -0.25) is 4.99 Å². The van der Waals surface area contributed by atoms with E-state index in [1.165, 1.54) is 0 Å². The van der Waals surface area contributed by atoms with E-state index in [9.17, 15) is 5.11 Å². The molecule has 23 heavy (non-hydrogen) atoms. The van der Waals surface area contributed by atoms with Gasteiger partial charge >= 0.3 is 0 Å². The van der Waals surface area contributed by atoms with E-state index in [4.69, 9.17) is 4.42 Å². The fourth-order valence-electron chi connectivity index (χ4n) is 2.49. The van der Waals surface area contributed by atoms with Gasteiger partial charge in [0.1, 0.15) is 11.5 Å². The van der Waals surface area contributed by atoms with Crippen molar-refractivity contribution in [2.45, 2.75) is 26.3 Å². The third-order valence-electron chi connectivity index (χ3n) is 3.82. The molecule has 0 saturated heterocycles. The Morgan fingerprint density at radius 2 is 1.96 bits per heavy atom. The number of rotatable bonds is 6. The topological polar surface area (TPSA) is 69.8 Å². The smallest absolute Gasteiger partial charge is 0.191 e. The molecule has 1 atom stereocenters. The van der Waals surface area contributed by atoms with Crippen molar-refractivity contribution in [1.29, 1.82) is 0 Å². The molecule has 2 rings (SSSR count). The SMILES string of the molecule is CN=C(NCc1cc(C)oc1C)NCC(CO)c1ccccc1. The van der Waals surface area contributed by atoms with Crippen LogP contribution in [0.2, 0.25) is 0 Å². The number of guanidine groups is 1. The average Bonchev–Trinajstić information content (AvgIpc) is 2.89. The molecule has 1 unspecified atom stereocenters. The Kier molecular flexibility index (Phi) is 6.23. The van der Waals surface area contributed by atoms with E-state index in [0.29, 0.717) is 19.0 Å². The van der Waals surface area contributed by atoms with E-state index in [0.717, 1.165) is 22.6 Å². The molecular weight excluding hydrogens is 290 g/mol. The second kappa shape index (κ2) is 8.39. The molecule has 5 nitrogen and oxygen atoms in total. The molecule has 1 heterocycles. The number of nitrogens with one attached hydrogen (secondary N) is 2. The zero-order valence-corrected chi connectivity index (χ0v) is 14.0. The Morgan fingerprint density at radius 1 is 1.22 bits per heavy atom. The first-order chi connectivity index (χ1) is 11.1. The number of hydrogen-bond donors (Lipinski definition) is 3. The maximum atomic E-state index is 9.60. The number of aliphatic imine (C=N–C) groups is 1. The van der Waals surface area contributed by atoms with Crippen LogP contribution < -0.4 is 10.6 Å². The highest BCUT2D eigenvalue weighted by molar-refractivity contribution is 5.79. The fraction of sp³-hybridized carbons (Fsp3) is 0.389. The lowest BCUT2D eigenvalue weighted by Gasteiger charge is -2.18. The van der Waals surface area contributed by atoms with Crippen molar-refractivity contribution in [1.82, 2.24) is 10.6 Å². The summed E-state index contributed by atoms with van der Waals surface area (Å²) < 4.78 is 5.52. The zero-order chi connectivity index (χ0) is 16.7. The van der Waals surface area contributed by atoms with Crippen LogP contribution in [0.4, 0.5) is 0 Å². The van der Waals surface area contributed by atoms with Crippen LogP contribution in [-0.4, -0.2) is 31.3 Å².